The molecule has 0 bridgehead atoms. The van der Waals surface area contributed by atoms with E-state index in [1.807, 2.05) is 11.5 Å². The minimum atomic E-state index is -3.44. The fourth-order valence-corrected chi connectivity index (χ4v) is 4.36. The van der Waals surface area contributed by atoms with E-state index in [2.05, 4.69) is 11.9 Å². The van der Waals surface area contributed by atoms with Gasteiger partial charge < -0.3 is 9.47 Å². The van der Waals surface area contributed by atoms with Gasteiger partial charge in [0.1, 0.15) is 4.90 Å². The van der Waals surface area contributed by atoms with E-state index < -0.39 is 10.0 Å². The van der Waals surface area contributed by atoms with Gasteiger partial charge in [0.25, 0.3) is 0 Å². The second-order valence-corrected chi connectivity index (χ2v) is 7.96. The molecule has 0 radical (unpaired) electrons. The van der Waals surface area contributed by atoms with Crippen molar-refractivity contribution in [2.24, 2.45) is 0 Å². The molecule has 1 aromatic heterocycles. The van der Waals surface area contributed by atoms with Crippen molar-refractivity contribution in [2.45, 2.75) is 43.1 Å². The smallest absolute Gasteiger partial charge is 0.244 e. The molecule has 2 rings (SSSR count). The molecule has 120 valence electrons. The Labute approximate surface area is 132 Å². The van der Waals surface area contributed by atoms with Gasteiger partial charge in [-0.1, -0.05) is 0 Å². The summed E-state index contributed by atoms with van der Waals surface area (Å²) in [5, 5.41) is 0. The van der Waals surface area contributed by atoms with Gasteiger partial charge in [0.15, 0.2) is 0 Å². The summed E-state index contributed by atoms with van der Waals surface area (Å²) in [5.74, 6) is 0.318. The molecule has 1 aliphatic heterocycles. The number of nitrogens with zero attached hydrogens (tertiary/aromatic N) is 3. The lowest BCUT2D eigenvalue weighted by Gasteiger charge is -2.25. The van der Waals surface area contributed by atoms with E-state index in [9.17, 15) is 8.42 Å². The van der Waals surface area contributed by atoms with E-state index in [0.717, 1.165) is 25.1 Å². The molecule has 0 aromatic carbocycles. The fraction of sp³-hybridized carbons (Fsp3) is 0.714. The van der Waals surface area contributed by atoms with Crippen LogP contribution < -0.4 is 0 Å². The average molecular weight is 334 g/mol. The van der Waals surface area contributed by atoms with Gasteiger partial charge in [-0.3, -0.25) is 0 Å². The van der Waals surface area contributed by atoms with E-state index in [-0.39, 0.29) is 0 Å². The van der Waals surface area contributed by atoms with E-state index >= 15 is 0 Å². The lowest BCUT2D eigenvalue weighted by Crippen LogP contribution is -2.39. The quantitative estimate of drug-likeness (QED) is 0.748. The highest BCUT2D eigenvalue weighted by molar-refractivity contribution is 7.89. The number of hydrogen-bond donors (Lipinski definition) is 0. The van der Waals surface area contributed by atoms with E-state index in [0.29, 0.717) is 29.9 Å². The lowest BCUT2D eigenvalue weighted by atomic mass is 10.2. The Bertz CT molecular complexity index is 564. The minimum Gasteiger partial charge on any atom is -0.349 e. The van der Waals surface area contributed by atoms with Crippen molar-refractivity contribution in [2.75, 3.05) is 27.2 Å². The topological polar surface area (TPSA) is 45.6 Å². The average Bonchev–Trinajstić information content (AvgIpc) is 3.05. The molecule has 21 heavy (non-hydrogen) atoms. The maximum absolute atomic E-state index is 12.7. The SMILES string of the molecule is CCn1cc(S(=O)(=O)N(C)CC2CCCN2C)cc1CCl. The molecule has 0 amide bonds. The van der Waals surface area contributed by atoms with Crippen LogP contribution in [0.1, 0.15) is 25.5 Å². The predicted octanol–water partition coefficient (Wildman–Crippen LogP) is 1.96. The molecule has 1 fully saturated rings. The maximum atomic E-state index is 12.7. The van der Waals surface area contributed by atoms with E-state index in [1.54, 1.807) is 19.3 Å². The Kier molecular flexibility index (Phi) is 5.35. The van der Waals surface area contributed by atoms with Crippen LogP contribution >= 0.6 is 11.6 Å². The summed E-state index contributed by atoms with van der Waals surface area (Å²) in [5.41, 5.74) is 0.837. The number of aryl methyl sites for hydroxylation is 1. The first-order chi connectivity index (χ1) is 9.90. The van der Waals surface area contributed by atoms with E-state index in [1.165, 1.54) is 4.31 Å². The van der Waals surface area contributed by atoms with Crippen LogP contribution in [0.3, 0.4) is 0 Å². The van der Waals surface area contributed by atoms with Crippen molar-refractivity contribution < 1.29 is 8.42 Å². The Morgan fingerprint density at radius 1 is 1.48 bits per heavy atom. The summed E-state index contributed by atoms with van der Waals surface area (Å²) in [4.78, 5) is 2.57. The summed E-state index contributed by atoms with van der Waals surface area (Å²) >= 11 is 5.87. The van der Waals surface area contributed by atoms with Crippen molar-refractivity contribution in [3.8, 4) is 0 Å². The molecule has 0 saturated carbocycles. The monoisotopic (exact) mass is 333 g/mol. The van der Waals surface area contributed by atoms with Crippen molar-refractivity contribution in [3.05, 3.63) is 18.0 Å². The van der Waals surface area contributed by atoms with Crippen LogP contribution in [0.15, 0.2) is 17.2 Å². The van der Waals surface area contributed by atoms with Gasteiger partial charge >= 0.3 is 0 Å². The standard InChI is InChI=1S/C14H24ClN3O2S/c1-4-18-11-14(8-13(18)9-15)21(19,20)17(3)10-12-6-5-7-16(12)2/h8,11-12H,4-7,9-10H2,1-3H3. The van der Waals surface area contributed by atoms with Crippen molar-refractivity contribution in [1.29, 1.82) is 0 Å². The lowest BCUT2D eigenvalue weighted by molar-refractivity contribution is 0.271. The first-order valence-corrected chi connectivity index (χ1v) is 9.29. The van der Waals surface area contributed by atoms with Gasteiger partial charge in [-0.2, -0.15) is 4.31 Å². The van der Waals surface area contributed by atoms with Gasteiger partial charge in [-0.05, 0) is 39.4 Å². The summed E-state index contributed by atoms with van der Waals surface area (Å²) < 4.78 is 28.7. The summed E-state index contributed by atoms with van der Waals surface area (Å²) in [6, 6.07) is 1.99. The summed E-state index contributed by atoms with van der Waals surface area (Å²) in [6.45, 7) is 4.27. The molecule has 1 saturated heterocycles. The first kappa shape index (κ1) is 16.8. The van der Waals surface area contributed by atoms with Crippen LogP contribution in [0.4, 0.5) is 0 Å². The Morgan fingerprint density at radius 2 is 2.19 bits per heavy atom. The van der Waals surface area contributed by atoms with Crippen molar-refractivity contribution >= 4 is 21.6 Å². The van der Waals surface area contributed by atoms with Crippen molar-refractivity contribution in [3.63, 3.8) is 0 Å². The van der Waals surface area contributed by atoms with Gasteiger partial charge in [-0.15, -0.1) is 11.6 Å². The van der Waals surface area contributed by atoms with Crippen LogP contribution in [0.25, 0.3) is 0 Å². The summed E-state index contributed by atoms with van der Waals surface area (Å²) in [7, 11) is 0.266. The van der Waals surface area contributed by atoms with Crippen LogP contribution in [0.2, 0.25) is 0 Å². The molecule has 1 atom stereocenters. The largest absolute Gasteiger partial charge is 0.349 e. The number of likely N-dealkylation sites (N-methyl/N-ethyl adjacent to an activating group) is 2. The van der Waals surface area contributed by atoms with Crippen LogP contribution in [0.5, 0.6) is 0 Å². The number of halogens is 1. The molecule has 1 unspecified atom stereocenters. The molecule has 0 aliphatic carbocycles. The zero-order valence-corrected chi connectivity index (χ0v) is 14.5. The second kappa shape index (κ2) is 6.69. The third kappa shape index (κ3) is 3.44. The zero-order chi connectivity index (χ0) is 15.6. The Balaban J connectivity index is 2.18. The molecule has 1 aromatic rings. The van der Waals surface area contributed by atoms with Gasteiger partial charge in [0.2, 0.25) is 10.0 Å². The zero-order valence-electron chi connectivity index (χ0n) is 12.9. The Hall–Kier alpha value is -0.560. The van der Waals surface area contributed by atoms with Crippen LogP contribution in [0, 0.1) is 0 Å². The van der Waals surface area contributed by atoms with Gasteiger partial charge in [0.05, 0.1) is 5.88 Å². The molecule has 7 heteroatoms. The van der Waals surface area contributed by atoms with Crippen LogP contribution in [-0.2, 0) is 22.4 Å². The normalized spacial score (nSPS) is 20.5. The first-order valence-electron chi connectivity index (χ1n) is 7.31. The fourth-order valence-electron chi connectivity index (χ4n) is 2.86. The highest BCUT2D eigenvalue weighted by Gasteiger charge is 2.29. The van der Waals surface area contributed by atoms with Gasteiger partial charge in [-0.25, -0.2) is 8.42 Å². The number of rotatable bonds is 6. The highest BCUT2D eigenvalue weighted by Crippen LogP contribution is 2.22. The second-order valence-electron chi connectivity index (χ2n) is 5.65. The predicted molar refractivity (Wildman–Crippen MR) is 85.1 cm³/mol. The third-order valence-electron chi connectivity index (χ3n) is 4.29. The van der Waals surface area contributed by atoms with Gasteiger partial charge in [0, 0.05) is 38.1 Å². The van der Waals surface area contributed by atoms with E-state index in [4.69, 9.17) is 11.6 Å². The molecular weight excluding hydrogens is 310 g/mol. The molecule has 2 heterocycles. The number of likely N-dealkylation sites (tertiary alicyclic amines) is 1. The molecule has 5 nitrogen and oxygen atoms in total. The maximum Gasteiger partial charge on any atom is 0.244 e. The summed E-state index contributed by atoms with van der Waals surface area (Å²) in [6.07, 6.45) is 3.87. The highest BCUT2D eigenvalue weighted by atomic mass is 35.5. The third-order valence-corrected chi connectivity index (χ3v) is 6.35. The minimum absolute atomic E-state index is 0.311. The van der Waals surface area contributed by atoms with Crippen molar-refractivity contribution in [1.82, 2.24) is 13.8 Å². The number of hydrogen-bond acceptors (Lipinski definition) is 3. The molecule has 0 spiro atoms. The van der Waals surface area contributed by atoms with Crippen LogP contribution in [-0.4, -0.2) is 55.4 Å². The number of aromatic nitrogens is 1. The number of sulfonamides is 1. The molecule has 1 aliphatic rings. The number of alkyl halides is 1. The molecule has 0 N–H and O–H groups in total. The molecular formula is C14H24ClN3O2S. The Morgan fingerprint density at radius 3 is 2.67 bits per heavy atom.